The fourth-order valence-electron chi connectivity index (χ4n) is 3.62. The van der Waals surface area contributed by atoms with Crippen LogP contribution in [0.5, 0.6) is 11.5 Å². The third-order valence-corrected chi connectivity index (χ3v) is 5.11. The van der Waals surface area contributed by atoms with E-state index in [9.17, 15) is 4.79 Å². The van der Waals surface area contributed by atoms with Gasteiger partial charge in [-0.1, -0.05) is 18.2 Å². The summed E-state index contributed by atoms with van der Waals surface area (Å²) in [6.07, 6.45) is 2.86. The highest BCUT2D eigenvalue weighted by Gasteiger charge is 2.26. The van der Waals surface area contributed by atoms with Crippen LogP contribution in [0.1, 0.15) is 27.2 Å². The summed E-state index contributed by atoms with van der Waals surface area (Å²) in [7, 11) is 5.22. The highest BCUT2D eigenvalue weighted by atomic mass is 16.5. The first-order chi connectivity index (χ1) is 13.1. The summed E-state index contributed by atoms with van der Waals surface area (Å²) in [5, 5.41) is 0. The van der Waals surface area contributed by atoms with Crippen LogP contribution in [-0.4, -0.2) is 24.7 Å². The number of hydrogen-bond acceptors (Lipinski definition) is 3. The molecule has 0 spiro atoms. The number of fused-ring (bicyclic) bond motifs is 2. The second kappa shape index (κ2) is 6.83. The second-order valence-electron chi connectivity index (χ2n) is 6.70. The molecule has 3 aromatic rings. The lowest BCUT2D eigenvalue weighted by Gasteiger charge is -2.23. The van der Waals surface area contributed by atoms with Crippen LogP contribution in [0.3, 0.4) is 0 Å². The summed E-state index contributed by atoms with van der Waals surface area (Å²) in [4.78, 5) is 15.3. The molecule has 138 valence electrons. The number of ether oxygens (including phenoxy) is 2. The molecule has 1 amide bonds. The molecule has 4 rings (SSSR count). The maximum atomic E-state index is 13.5. The number of aryl methyl sites for hydroxylation is 1. The first kappa shape index (κ1) is 17.2. The number of rotatable bonds is 3. The van der Waals surface area contributed by atoms with Crippen molar-refractivity contribution in [3.63, 3.8) is 0 Å². The Labute approximate surface area is 158 Å². The Morgan fingerprint density at radius 2 is 1.67 bits per heavy atom. The Morgan fingerprint density at radius 3 is 2.37 bits per heavy atom. The summed E-state index contributed by atoms with van der Waals surface area (Å²) in [5.41, 5.74) is 5.03. The van der Waals surface area contributed by atoms with Crippen molar-refractivity contribution in [2.75, 3.05) is 19.1 Å². The molecule has 0 N–H and O–H groups in total. The van der Waals surface area contributed by atoms with E-state index < -0.39 is 0 Å². The van der Waals surface area contributed by atoms with Crippen molar-refractivity contribution in [3.05, 3.63) is 77.1 Å². The lowest BCUT2D eigenvalue weighted by atomic mass is 10.1. The van der Waals surface area contributed by atoms with Gasteiger partial charge in [0.25, 0.3) is 5.91 Å². The smallest absolute Gasteiger partial charge is 0.258 e. The van der Waals surface area contributed by atoms with Gasteiger partial charge < -0.3 is 18.9 Å². The van der Waals surface area contributed by atoms with Gasteiger partial charge in [0.2, 0.25) is 0 Å². The highest BCUT2D eigenvalue weighted by Crippen LogP contribution is 2.33. The van der Waals surface area contributed by atoms with E-state index in [1.54, 1.807) is 32.4 Å². The molecule has 0 saturated carbocycles. The topological polar surface area (TPSA) is 43.7 Å². The molecule has 2 aromatic carbocycles. The maximum Gasteiger partial charge on any atom is 0.258 e. The van der Waals surface area contributed by atoms with Crippen LogP contribution in [0.25, 0.3) is 0 Å². The molecule has 0 bridgehead atoms. The molecule has 5 nitrogen and oxygen atoms in total. The van der Waals surface area contributed by atoms with E-state index in [-0.39, 0.29) is 5.91 Å². The number of hydrogen-bond donors (Lipinski definition) is 0. The van der Waals surface area contributed by atoms with E-state index in [2.05, 4.69) is 22.9 Å². The van der Waals surface area contributed by atoms with Crippen molar-refractivity contribution in [2.45, 2.75) is 13.0 Å². The molecule has 2 heterocycles. The van der Waals surface area contributed by atoms with Crippen LogP contribution in [0.15, 0.2) is 54.7 Å². The predicted octanol–water partition coefficient (Wildman–Crippen LogP) is 3.79. The summed E-state index contributed by atoms with van der Waals surface area (Å²) < 4.78 is 12.8. The second-order valence-corrected chi connectivity index (χ2v) is 6.70. The van der Waals surface area contributed by atoms with Gasteiger partial charge in [0, 0.05) is 42.7 Å². The molecule has 0 atom stereocenters. The fraction of sp³-hybridized carbons (Fsp3) is 0.227. The number of aromatic nitrogens is 1. The normalized spacial score (nSPS) is 12.8. The lowest BCUT2D eigenvalue weighted by molar-refractivity contribution is 0.0984. The van der Waals surface area contributed by atoms with Gasteiger partial charge in [0.05, 0.1) is 20.8 Å². The lowest BCUT2D eigenvalue weighted by Crippen LogP contribution is -2.30. The first-order valence-electron chi connectivity index (χ1n) is 8.86. The summed E-state index contributed by atoms with van der Waals surface area (Å²) in [6, 6.07) is 15.5. The average Bonchev–Trinajstić information content (AvgIpc) is 2.95. The molecular formula is C22H22N2O3. The Kier molecular flexibility index (Phi) is 4.36. The van der Waals surface area contributed by atoms with Gasteiger partial charge in [0.1, 0.15) is 11.5 Å². The van der Waals surface area contributed by atoms with Crippen molar-refractivity contribution in [3.8, 4) is 11.5 Å². The zero-order valence-corrected chi connectivity index (χ0v) is 15.7. The number of carbonyl (C=O) groups is 1. The molecule has 0 aliphatic carbocycles. The predicted molar refractivity (Wildman–Crippen MR) is 105 cm³/mol. The van der Waals surface area contributed by atoms with E-state index in [0.29, 0.717) is 23.6 Å². The van der Waals surface area contributed by atoms with Gasteiger partial charge in [0.15, 0.2) is 0 Å². The van der Waals surface area contributed by atoms with Crippen LogP contribution in [0.2, 0.25) is 0 Å². The molecule has 0 radical (unpaired) electrons. The van der Waals surface area contributed by atoms with E-state index >= 15 is 0 Å². The maximum absolute atomic E-state index is 13.5. The molecule has 1 aromatic heterocycles. The van der Waals surface area contributed by atoms with Crippen LogP contribution in [0.4, 0.5) is 5.69 Å². The third-order valence-electron chi connectivity index (χ3n) is 5.11. The Hall–Kier alpha value is -3.21. The molecular weight excluding hydrogens is 340 g/mol. The number of para-hydroxylation sites is 1. The molecule has 5 heteroatoms. The standard InChI is InChI=1S/C22H22N2O3/c1-23-9-8-16-14-24(20-7-5-4-6-15(20)12-21(16)23)22(25)17-10-18(26-2)13-19(11-17)27-3/h4-11,13H,12,14H2,1-3H3. The van der Waals surface area contributed by atoms with Crippen molar-refractivity contribution < 1.29 is 14.3 Å². The third kappa shape index (κ3) is 3.05. The molecule has 1 aliphatic rings. The number of carbonyl (C=O) groups excluding carboxylic acids is 1. The largest absolute Gasteiger partial charge is 0.497 e. The van der Waals surface area contributed by atoms with E-state index in [4.69, 9.17) is 9.47 Å². The number of benzene rings is 2. The molecule has 0 unspecified atom stereocenters. The minimum absolute atomic E-state index is 0.0728. The Bertz CT molecular complexity index is 984. The highest BCUT2D eigenvalue weighted by molar-refractivity contribution is 6.07. The molecule has 27 heavy (non-hydrogen) atoms. The zero-order chi connectivity index (χ0) is 19.0. The van der Waals surface area contributed by atoms with Crippen LogP contribution in [-0.2, 0) is 20.0 Å². The van der Waals surface area contributed by atoms with Crippen molar-refractivity contribution >= 4 is 11.6 Å². The average molecular weight is 362 g/mol. The van der Waals surface area contributed by atoms with E-state index in [1.165, 1.54) is 5.69 Å². The van der Waals surface area contributed by atoms with Gasteiger partial charge in [-0.15, -0.1) is 0 Å². The van der Waals surface area contributed by atoms with E-state index in [1.807, 2.05) is 30.1 Å². The van der Waals surface area contributed by atoms with Crippen LogP contribution in [0, 0.1) is 0 Å². The van der Waals surface area contributed by atoms with Gasteiger partial charge in [-0.2, -0.15) is 0 Å². The van der Waals surface area contributed by atoms with Crippen molar-refractivity contribution in [1.82, 2.24) is 4.57 Å². The van der Waals surface area contributed by atoms with Crippen LogP contribution >= 0.6 is 0 Å². The zero-order valence-electron chi connectivity index (χ0n) is 15.7. The van der Waals surface area contributed by atoms with Gasteiger partial charge >= 0.3 is 0 Å². The van der Waals surface area contributed by atoms with Gasteiger partial charge in [-0.3, -0.25) is 4.79 Å². The first-order valence-corrected chi connectivity index (χ1v) is 8.86. The minimum atomic E-state index is -0.0728. The number of nitrogens with zero attached hydrogens (tertiary/aromatic N) is 2. The molecule has 0 saturated heterocycles. The fourth-order valence-corrected chi connectivity index (χ4v) is 3.62. The van der Waals surface area contributed by atoms with Crippen LogP contribution < -0.4 is 14.4 Å². The van der Waals surface area contributed by atoms with Crippen molar-refractivity contribution in [2.24, 2.45) is 7.05 Å². The van der Waals surface area contributed by atoms with Crippen molar-refractivity contribution in [1.29, 1.82) is 0 Å². The summed E-state index contributed by atoms with van der Waals surface area (Å²) >= 11 is 0. The Balaban J connectivity index is 1.81. The quantitative estimate of drug-likeness (QED) is 0.712. The number of amides is 1. The Morgan fingerprint density at radius 1 is 0.963 bits per heavy atom. The monoisotopic (exact) mass is 362 g/mol. The summed E-state index contributed by atoms with van der Waals surface area (Å²) in [6.45, 7) is 0.533. The van der Waals surface area contributed by atoms with E-state index in [0.717, 1.165) is 23.2 Å². The van der Waals surface area contributed by atoms with Gasteiger partial charge in [-0.25, -0.2) is 0 Å². The minimum Gasteiger partial charge on any atom is -0.497 e. The molecule has 1 aliphatic heterocycles. The molecule has 0 fully saturated rings. The number of anilines is 1. The summed E-state index contributed by atoms with van der Waals surface area (Å²) in [5.74, 6) is 1.12. The van der Waals surface area contributed by atoms with Gasteiger partial charge in [-0.05, 0) is 35.4 Å². The number of methoxy groups -OCH3 is 2. The SMILES string of the molecule is COc1cc(OC)cc(C(=O)N2Cc3ccn(C)c3Cc3ccccc32)c1.